The highest BCUT2D eigenvalue weighted by Crippen LogP contribution is 2.61. The molecule has 5 rings (SSSR count). The second-order valence-electron chi connectivity index (χ2n) is 8.96. The van der Waals surface area contributed by atoms with Crippen LogP contribution in [0.15, 0.2) is 39.9 Å². The van der Waals surface area contributed by atoms with Crippen molar-refractivity contribution >= 4 is 11.6 Å². The van der Waals surface area contributed by atoms with E-state index in [0.29, 0.717) is 35.2 Å². The minimum atomic E-state index is -0.464. The molecule has 0 radical (unpaired) electrons. The topological polar surface area (TPSA) is 64.2 Å². The minimum absolute atomic E-state index is 0.228. The lowest BCUT2D eigenvalue weighted by Crippen LogP contribution is -2.54. The SMILES string of the molecule is CC1(C)[C@@H]2CC[C@H](Cn3c(O)cc(=O)n(CCc4cccc(Cl)c4)c3=O)[C@H]1C2. The van der Waals surface area contributed by atoms with Gasteiger partial charge in [0.1, 0.15) is 0 Å². The molecular formula is C22H27ClN2O3. The third-order valence-corrected chi connectivity index (χ3v) is 7.42. The van der Waals surface area contributed by atoms with Gasteiger partial charge in [0, 0.05) is 18.1 Å². The van der Waals surface area contributed by atoms with Gasteiger partial charge in [-0.15, -0.1) is 0 Å². The molecule has 6 heteroatoms. The van der Waals surface area contributed by atoms with Crippen molar-refractivity contribution in [1.82, 2.24) is 9.13 Å². The maximum absolute atomic E-state index is 13.0. The number of aromatic nitrogens is 2. The van der Waals surface area contributed by atoms with E-state index in [1.807, 2.05) is 18.2 Å². The largest absolute Gasteiger partial charge is 0.494 e. The Morgan fingerprint density at radius 1 is 1.18 bits per heavy atom. The Bertz CT molecular complexity index is 1010. The Hall–Kier alpha value is -2.01. The predicted molar refractivity (Wildman–Crippen MR) is 110 cm³/mol. The minimum Gasteiger partial charge on any atom is -0.494 e. The molecule has 3 saturated carbocycles. The highest BCUT2D eigenvalue weighted by Gasteiger charge is 2.54. The first-order chi connectivity index (χ1) is 13.3. The number of aromatic hydroxyl groups is 1. The van der Waals surface area contributed by atoms with Gasteiger partial charge in [0.05, 0.1) is 6.07 Å². The van der Waals surface area contributed by atoms with E-state index >= 15 is 0 Å². The lowest BCUT2D eigenvalue weighted by atomic mass is 9.45. The Morgan fingerprint density at radius 2 is 1.96 bits per heavy atom. The molecule has 150 valence electrons. The number of fused-ring (bicyclic) bond motifs is 2. The van der Waals surface area contributed by atoms with Gasteiger partial charge in [0.25, 0.3) is 5.56 Å². The summed E-state index contributed by atoms with van der Waals surface area (Å²) in [5.74, 6) is 1.49. The number of rotatable bonds is 5. The van der Waals surface area contributed by atoms with Crippen LogP contribution >= 0.6 is 11.6 Å². The maximum atomic E-state index is 13.0. The molecule has 0 saturated heterocycles. The zero-order chi connectivity index (χ0) is 20.1. The van der Waals surface area contributed by atoms with Gasteiger partial charge in [-0.2, -0.15) is 0 Å². The fraction of sp³-hybridized carbons (Fsp3) is 0.545. The van der Waals surface area contributed by atoms with Crippen LogP contribution in [0.25, 0.3) is 0 Å². The molecule has 1 N–H and O–H groups in total. The highest BCUT2D eigenvalue weighted by molar-refractivity contribution is 6.30. The number of aryl methyl sites for hydroxylation is 1. The van der Waals surface area contributed by atoms with E-state index < -0.39 is 11.2 Å². The first-order valence-corrected chi connectivity index (χ1v) is 10.4. The van der Waals surface area contributed by atoms with E-state index in [2.05, 4.69) is 13.8 Å². The van der Waals surface area contributed by atoms with Crippen LogP contribution in [0.4, 0.5) is 0 Å². The van der Waals surface area contributed by atoms with E-state index in [4.69, 9.17) is 11.6 Å². The zero-order valence-corrected chi connectivity index (χ0v) is 17.2. The van der Waals surface area contributed by atoms with E-state index in [0.717, 1.165) is 24.0 Å². The molecule has 28 heavy (non-hydrogen) atoms. The van der Waals surface area contributed by atoms with Crippen LogP contribution in [0.3, 0.4) is 0 Å². The van der Waals surface area contributed by atoms with Crippen molar-refractivity contribution < 1.29 is 5.11 Å². The van der Waals surface area contributed by atoms with Crippen LogP contribution in [0.5, 0.6) is 5.88 Å². The van der Waals surface area contributed by atoms with Gasteiger partial charge >= 0.3 is 5.69 Å². The summed E-state index contributed by atoms with van der Waals surface area (Å²) in [6.45, 7) is 5.36. The normalized spacial score (nSPS) is 25.3. The third kappa shape index (κ3) is 3.30. The summed E-state index contributed by atoms with van der Waals surface area (Å²) in [4.78, 5) is 25.3. The molecule has 0 unspecified atom stereocenters. The van der Waals surface area contributed by atoms with Crippen molar-refractivity contribution in [2.45, 2.75) is 52.6 Å². The average Bonchev–Trinajstić information content (AvgIpc) is 2.65. The Labute approximate surface area is 169 Å². The van der Waals surface area contributed by atoms with E-state index in [-0.39, 0.29) is 12.4 Å². The summed E-state index contributed by atoms with van der Waals surface area (Å²) in [6, 6.07) is 8.57. The van der Waals surface area contributed by atoms with Crippen molar-refractivity contribution in [3.05, 3.63) is 61.8 Å². The van der Waals surface area contributed by atoms with Crippen LogP contribution in [-0.4, -0.2) is 14.2 Å². The third-order valence-electron chi connectivity index (χ3n) is 7.19. The van der Waals surface area contributed by atoms with Crippen LogP contribution in [0, 0.1) is 23.2 Å². The first kappa shape index (κ1) is 19.3. The predicted octanol–water partition coefficient (Wildman–Crippen LogP) is 3.68. The standard InChI is InChI=1S/C22H27ClN2O3/c1-22(2)16-7-6-15(18(22)11-16)13-25-20(27)12-19(26)24(21(25)28)9-8-14-4-3-5-17(23)10-14/h3-5,10,12,15-16,18,27H,6-9,11,13H2,1-2H3/t15-,16-,18-/m1/s1. The van der Waals surface area contributed by atoms with Crippen molar-refractivity contribution in [3.63, 3.8) is 0 Å². The van der Waals surface area contributed by atoms with Crippen molar-refractivity contribution in [3.8, 4) is 5.88 Å². The number of nitrogens with zero attached hydrogens (tertiary/aromatic N) is 2. The molecule has 0 amide bonds. The summed E-state index contributed by atoms with van der Waals surface area (Å²) in [5, 5.41) is 10.9. The Morgan fingerprint density at radius 3 is 2.64 bits per heavy atom. The molecular weight excluding hydrogens is 376 g/mol. The highest BCUT2D eigenvalue weighted by atomic mass is 35.5. The second kappa shape index (κ2) is 7.11. The van der Waals surface area contributed by atoms with Crippen LogP contribution < -0.4 is 11.2 Å². The molecule has 3 aliphatic carbocycles. The number of benzene rings is 1. The van der Waals surface area contributed by atoms with Crippen LogP contribution in [-0.2, 0) is 19.5 Å². The van der Waals surface area contributed by atoms with E-state index in [9.17, 15) is 14.7 Å². The summed E-state index contributed by atoms with van der Waals surface area (Å²) >= 11 is 6.02. The van der Waals surface area contributed by atoms with Gasteiger partial charge in [-0.1, -0.05) is 37.6 Å². The summed E-state index contributed by atoms with van der Waals surface area (Å²) < 4.78 is 2.61. The van der Waals surface area contributed by atoms with Crippen molar-refractivity contribution in [2.24, 2.45) is 23.2 Å². The molecule has 1 aromatic heterocycles. The molecule has 2 bridgehead atoms. The van der Waals surface area contributed by atoms with Gasteiger partial charge in [-0.3, -0.25) is 13.9 Å². The quantitative estimate of drug-likeness (QED) is 0.829. The van der Waals surface area contributed by atoms with Gasteiger partial charge < -0.3 is 5.11 Å². The van der Waals surface area contributed by atoms with Crippen LogP contribution in [0.1, 0.15) is 38.7 Å². The van der Waals surface area contributed by atoms with Gasteiger partial charge in [0.2, 0.25) is 5.88 Å². The van der Waals surface area contributed by atoms with Crippen LogP contribution in [0.2, 0.25) is 5.02 Å². The van der Waals surface area contributed by atoms with Gasteiger partial charge in [-0.05, 0) is 66.5 Å². The molecule has 5 nitrogen and oxygen atoms in total. The summed E-state index contributed by atoms with van der Waals surface area (Å²) in [7, 11) is 0. The second-order valence-corrected chi connectivity index (χ2v) is 9.40. The molecule has 2 aromatic rings. The molecule has 1 heterocycles. The molecule has 0 aliphatic heterocycles. The van der Waals surface area contributed by atoms with Gasteiger partial charge in [0.15, 0.2) is 0 Å². The number of halogens is 1. The van der Waals surface area contributed by atoms with Crippen molar-refractivity contribution in [1.29, 1.82) is 0 Å². The lowest BCUT2D eigenvalue weighted by Gasteiger charge is -2.60. The maximum Gasteiger partial charge on any atom is 0.333 e. The fourth-order valence-corrected chi connectivity index (χ4v) is 5.54. The fourth-order valence-electron chi connectivity index (χ4n) is 5.33. The lowest BCUT2D eigenvalue weighted by molar-refractivity contribution is -0.109. The molecule has 3 atom stereocenters. The number of hydrogen-bond acceptors (Lipinski definition) is 3. The molecule has 3 fully saturated rings. The zero-order valence-electron chi connectivity index (χ0n) is 16.4. The number of hydrogen-bond donors (Lipinski definition) is 1. The summed E-state index contributed by atoms with van der Waals surface area (Å²) in [5.41, 5.74) is 0.385. The van der Waals surface area contributed by atoms with Crippen molar-refractivity contribution in [2.75, 3.05) is 0 Å². The smallest absolute Gasteiger partial charge is 0.333 e. The molecule has 1 aromatic carbocycles. The average molecular weight is 403 g/mol. The van der Waals surface area contributed by atoms with E-state index in [1.54, 1.807) is 6.07 Å². The first-order valence-electron chi connectivity index (χ1n) is 10.1. The Balaban J connectivity index is 1.57. The molecule has 3 aliphatic rings. The monoisotopic (exact) mass is 402 g/mol. The van der Waals surface area contributed by atoms with Gasteiger partial charge in [-0.25, -0.2) is 4.79 Å². The Kier molecular flexibility index (Phi) is 4.90. The molecule has 0 spiro atoms. The van der Waals surface area contributed by atoms with E-state index in [1.165, 1.54) is 22.0 Å². The summed E-state index contributed by atoms with van der Waals surface area (Å²) in [6.07, 6.45) is 3.99.